The standard InChI is InChI=1S/C10H9NO2.C9H7NO2.CH3F/c1-13-10(12)8-2-3-9-7(6-8)4-5-11-9;11-9(12)7-1-2-8-6(5-7)3-4-10-8;1-2/h2-6,11H,1H3;1-5,10H,(H,11,12);1H3/i;;1D. The number of esters is 1. The molecule has 0 aliphatic heterocycles. The Morgan fingerprint density at radius 2 is 1.44 bits per heavy atom. The van der Waals surface area contributed by atoms with Crippen LogP contribution in [0, 0.1) is 0 Å². The number of aromatic nitrogens is 2. The number of carbonyl (C=O) groups is 2. The van der Waals surface area contributed by atoms with Gasteiger partial charge in [0.2, 0.25) is 0 Å². The summed E-state index contributed by atoms with van der Waals surface area (Å²) in [5.74, 6) is -1.19. The molecular formula is C20H19FN2O4. The molecule has 0 saturated carbocycles. The number of aromatic carboxylic acids is 1. The molecule has 4 rings (SSSR count). The summed E-state index contributed by atoms with van der Waals surface area (Å²) in [5, 5.41) is 10.6. The molecule has 0 amide bonds. The predicted octanol–water partition coefficient (Wildman–Crippen LogP) is 4.41. The smallest absolute Gasteiger partial charge is 0.337 e. The molecule has 0 atom stereocenters. The van der Waals surface area contributed by atoms with Gasteiger partial charge in [-0.2, -0.15) is 0 Å². The number of halogens is 1. The highest BCUT2D eigenvalue weighted by molar-refractivity contribution is 5.94. The minimum Gasteiger partial charge on any atom is -0.478 e. The number of aromatic amines is 2. The summed E-state index contributed by atoms with van der Waals surface area (Å²) in [6, 6.07) is 14.2. The van der Waals surface area contributed by atoms with Crippen molar-refractivity contribution in [3.63, 3.8) is 0 Å². The summed E-state index contributed by atoms with van der Waals surface area (Å²) in [6.07, 6.45) is 3.63. The lowest BCUT2D eigenvalue weighted by Crippen LogP contribution is -2.00. The molecular weight excluding hydrogens is 351 g/mol. The van der Waals surface area contributed by atoms with Gasteiger partial charge in [0.05, 0.1) is 26.8 Å². The number of hydrogen-bond donors (Lipinski definition) is 3. The van der Waals surface area contributed by atoms with Crippen LogP contribution < -0.4 is 0 Å². The van der Waals surface area contributed by atoms with Gasteiger partial charge in [-0.05, 0) is 48.5 Å². The van der Waals surface area contributed by atoms with E-state index in [4.69, 9.17) is 6.48 Å². The number of hydrogen-bond acceptors (Lipinski definition) is 3. The molecule has 0 spiro atoms. The van der Waals surface area contributed by atoms with E-state index >= 15 is 0 Å². The first-order valence-electron chi connectivity index (χ1n) is 8.52. The Kier molecular flexibility index (Phi) is 6.19. The van der Waals surface area contributed by atoms with E-state index in [0.717, 1.165) is 21.8 Å². The van der Waals surface area contributed by atoms with Crippen molar-refractivity contribution >= 4 is 33.7 Å². The topological polar surface area (TPSA) is 95.2 Å². The van der Waals surface area contributed by atoms with E-state index in [1.165, 1.54) is 7.11 Å². The third kappa shape index (κ3) is 4.72. The average Bonchev–Trinajstić information content (AvgIpc) is 3.36. The average molecular weight is 371 g/mol. The van der Waals surface area contributed by atoms with Crippen LogP contribution in [0.4, 0.5) is 4.39 Å². The van der Waals surface area contributed by atoms with Gasteiger partial charge in [0.25, 0.3) is 0 Å². The van der Waals surface area contributed by atoms with Crippen molar-refractivity contribution in [2.75, 3.05) is 14.3 Å². The van der Waals surface area contributed by atoms with E-state index in [0.29, 0.717) is 11.1 Å². The molecule has 0 fully saturated rings. The second-order valence-corrected chi connectivity index (χ2v) is 5.36. The molecule has 6 nitrogen and oxygen atoms in total. The van der Waals surface area contributed by atoms with Crippen LogP contribution >= 0.6 is 0 Å². The highest BCUT2D eigenvalue weighted by Crippen LogP contribution is 2.15. The number of carboxylic acid groups (broad SMARTS) is 1. The summed E-state index contributed by atoms with van der Waals surface area (Å²) in [5.41, 5.74) is 2.88. The maximum Gasteiger partial charge on any atom is 0.337 e. The first-order chi connectivity index (χ1) is 13.5. The predicted molar refractivity (Wildman–Crippen MR) is 102 cm³/mol. The number of alkyl halides is 1. The Labute approximate surface area is 156 Å². The normalized spacial score (nSPS) is 10.2. The minimum atomic E-state index is -1.00. The molecule has 0 aliphatic carbocycles. The van der Waals surface area contributed by atoms with Gasteiger partial charge in [-0.15, -0.1) is 0 Å². The quantitative estimate of drug-likeness (QED) is 0.455. The lowest BCUT2D eigenvalue weighted by Gasteiger charge is -1.98. The van der Waals surface area contributed by atoms with E-state index in [-0.39, 0.29) is 5.97 Å². The molecule has 27 heavy (non-hydrogen) atoms. The second kappa shape index (κ2) is 9.19. The number of methoxy groups -OCH3 is 1. The highest BCUT2D eigenvalue weighted by atomic mass is 19.1. The van der Waals surface area contributed by atoms with Crippen LogP contribution in [0.5, 0.6) is 0 Å². The van der Waals surface area contributed by atoms with E-state index in [9.17, 15) is 14.0 Å². The molecule has 4 aromatic rings. The number of fused-ring (bicyclic) bond motifs is 2. The van der Waals surface area contributed by atoms with Crippen LogP contribution in [0.15, 0.2) is 60.9 Å². The van der Waals surface area contributed by atoms with Crippen molar-refractivity contribution in [2.45, 2.75) is 0 Å². The van der Waals surface area contributed by atoms with E-state index in [1.807, 2.05) is 24.4 Å². The number of nitrogens with one attached hydrogen (secondary N) is 2. The maximum atomic E-state index is 11.1. The molecule has 2 aromatic heterocycles. The fourth-order valence-corrected chi connectivity index (χ4v) is 2.48. The van der Waals surface area contributed by atoms with Gasteiger partial charge in [-0.1, -0.05) is 0 Å². The van der Waals surface area contributed by atoms with Gasteiger partial charge in [-0.25, -0.2) is 9.59 Å². The first kappa shape index (κ1) is 18.2. The number of benzene rings is 2. The Balaban J connectivity index is 0.000000176. The summed E-state index contributed by atoms with van der Waals surface area (Å²) in [7, 11) is 0.379. The van der Waals surface area contributed by atoms with Crippen molar-refractivity contribution in [3.05, 3.63) is 72.1 Å². The molecule has 0 saturated heterocycles. The van der Waals surface area contributed by atoms with Crippen molar-refractivity contribution < 1.29 is 25.2 Å². The largest absolute Gasteiger partial charge is 0.478 e. The van der Waals surface area contributed by atoms with Crippen molar-refractivity contribution in [1.29, 1.82) is 0 Å². The molecule has 140 valence electrons. The second-order valence-electron chi connectivity index (χ2n) is 5.36. The van der Waals surface area contributed by atoms with E-state index < -0.39 is 13.1 Å². The fourth-order valence-electron chi connectivity index (χ4n) is 2.48. The molecule has 0 aliphatic rings. The zero-order valence-electron chi connectivity index (χ0n) is 15.5. The Morgan fingerprint density at radius 3 is 1.93 bits per heavy atom. The highest BCUT2D eigenvalue weighted by Gasteiger charge is 2.05. The zero-order valence-corrected chi connectivity index (χ0v) is 14.5. The first-order valence-corrected chi connectivity index (χ1v) is 7.81. The van der Waals surface area contributed by atoms with Gasteiger partial charge >= 0.3 is 11.9 Å². The Hall–Kier alpha value is -3.61. The summed E-state index contributed by atoms with van der Waals surface area (Å²) < 4.78 is 20.1. The lowest BCUT2D eigenvalue weighted by molar-refractivity contribution is 0.0600. The Morgan fingerprint density at radius 1 is 0.963 bits per heavy atom. The summed E-state index contributed by atoms with van der Waals surface area (Å²) >= 11 is 0. The lowest BCUT2D eigenvalue weighted by atomic mass is 10.1. The third-order valence-electron chi connectivity index (χ3n) is 3.77. The van der Waals surface area contributed by atoms with Gasteiger partial charge < -0.3 is 19.8 Å². The fraction of sp³-hybridized carbons (Fsp3) is 0.100. The number of ether oxygens (including phenoxy) is 1. The zero-order chi connectivity index (χ0) is 20.5. The van der Waals surface area contributed by atoms with Crippen LogP contribution in [0.1, 0.15) is 22.1 Å². The van der Waals surface area contributed by atoms with E-state index in [1.54, 1.807) is 36.5 Å². The van der Waals surface area contributed by atoms with Gasteiger partial charge in [0.15, 0.2) is 0 Å². The van der Waals surface area contributed by atoms with Crippen LogP contribution in [-0.2, 0) is 4.74 Å². The molecule has 3 N–H and O–H groups in total. The Bertz CT molecular complexity index is 1070. The number of rotatable bonds is 2. The molecule has 0 bridgehead atoms. The molecule has 2 aromatic carbocycles. The van der Waals surface area contributed by atoms with Crippen LogP contribution in [0.3, 0.4) is 0 Å². The van der Waals surface area contributed by atoms with E-state index in [2.05, 4.69) is 14.7 Å². The van der Waals surface area contributed by atoms with Crippen molar-refractivity contribution in [1.82, 2.24) is 9.97 Å². The van der Waals surface area contributed by atoms with Crippen molar-refractivity contribution in [3.8, 4) is 0 Å². The van der Waals surface area contributed by atoms with Crippen molar-refractivity contribution in [2.24, 2.45) is 0 Å². The molecule has 7 heteroatoms. The van der Waals surface area contributed by atoms with Crippen LogP contribution in [0.25, 0.3) is 21.8 Å². The SMILES string of the molecule is COC(=O)c1ccc2[nH]ccc2c1.O=C(O)c1ccc2[nH]ccc2c1.[2H]CF. The van der Waals surface area contributed by atoms with Crippen LogP contribution in [-0.4, -0.2) is 41.3 Å². The molecule has 0 unspecified atom stereocenters. The number of H-pyrrole nitrogens is 2. The van der Waals surface area contributed by atoms with Gasteiger partial charge in [0, 0.05) is 34.2 Å². The number of carboxylic acids is 1. The maximum absolute atomic E-state index is 11.1. The minimum absolute atomic E-state index is 0.303. The number of carbonyl (C=O) groups excluding carboxylic acids is 1. The monoisotopic (exact) mass is 371 g/mol. The molecule has 0 radical (unpaired) electrons. The van der Waals surface area contributed by atoms with Gasteiger partial charge in [-0.3, -0.25) is 4.39 Å². The summed E-state index contributed by atoms with van der Waals surface area (Å²) in [4.78, 5) is 27.7. The van der Waals surface area contributed by atoms with Crippen LogP contribution in [0.2, 0.25) is 0 Å². The third-order valence-corrected chi connectivity index (χ3v) is 3.77. The summed E-state index contributed by atoms with van der Waals surface area (Å²) in [6.45, 7) is 0. The molecule has 2 heterocycles. The van der Waals surface area contributed by atoms with Gasteiger partial charge in [0.1, 0.15) is 0 Å².